The molecule has 1 aliphatic rings. The van der Waals surface area contributed by atoms with Gasteiger partial charge in [-0.1, -0.05) is 0 Å². The fourth-order valence-corrected chi connectivity index (χ4v) is 2.97. The maximum atomic E-state index is 11.7. The van der Waals surface area contributed by atoms with Gasteiger partial charge in [0.05, 0.1) is 11.6 Å². The molecule has 1 saturated heterocycles. The van der Waals surface area contributed by atoms with Gasteiger partial charge in [0.25, 0.3) is 5.91 Å². The van der Waals surface area contributed by atoms with E-state index >= 15 is 0 Å². The van der Waals surface area contributed by atoms with Gasteiger partial charge < -0.3 is 21.3 Å². The Morgan fingerprint density at radius 3 is 2.65 bits per heavy atom. The predicted octanol–water partition coefficient (Wildman–Crippen LogP) is 1.08. The number of hydrogen-bond donors (Lipinski definition) is 3. The Balaban J connectivity index is 1.59. The summed E-state index contributed by atoms with van der Waals surface area (Å²) < 4.78 is 0. The molecule has 1 amide bonds. The summed E-state index contributed by atoms with van der Waals surface area (Å²) >= 11 is 0. The molecule has 8 heteroatoms. The fraction of sp³-hybridized carbons (Fsp3) is 0.222. The smallest absolute Gasteiger partial charge is 0.268 e. The van der Waals surface area contributed by atoms with E-state index in [1.54, 1.807) is 12.1 Å². The number of amides is 1. The van der Waals surface area contributed by atoms with Crippen molar-refractivity contribution >= 4 is 34.3 Å². The Bertz CT molecular complexity index is 936. The van der Waals surface area contributed by atoms with Gasteiger partial charge in [0.1, 0.15) is 5.69 Å². The number of benzene rings is 1. The fourth-order valence-electron chi connectivity index (χ4n) is 2.97. The van der Waals surface area contributed by atoms with Gasteiger partial charge in [-0.2, -0.15) is 4.98 Å². The summed E-state index contributed by atoms with van der Waals surface area (Å²) in [5, 5.41) is 6.96. The van der Waals surface area contributed by atoms with E-state index in [4.69, 9.17) is 5.73 Å². The first kappa shape index (κ1) is 16.2. The summed E-state index contributed by atoms with van der Waals surface area (Å²) in [5.41, 5.74) is 7.94. The van der Waals surface area contributed by atoms with Gasteiger partial charge in [0.2, 0.25) is 5.95 Å². The van der Waals surface area contributed by atoms with Crippen molar-refractivity contribution in [1.82, 2.24) is 20.3 Å². The van der Waals surface area contributed by atoms with E-state index in [9.17, 15) is 4.79 Å². The number of anilines is 3. The number of carbonyl (C=O) groups excluding carboxylic acids is 1. The molecule has 0 spiro atoms. The number of hydrogen-bond acceptors (Lipinski definition) is 7. The van der Waals surface area contributed by atoms with Crippen LogP contribution < -0.4 is 21.3 Å². The van der Waals surface area contributed by atoms with E-state index in [0.29, 0.717) is 11.0 Å². The molecular weight excluding hydrogens is 330 g/mol. The zero-order valence-corrected chi connectivity index (χ0v) is 14.1. The number of aromatic nitrogens is 3. The third-order valence-electron chi connectivity index (χ3n) is 4.26. The quantitative estimate of drug-likeness (QED) is 0.647. The molecule has 3 aromatic rings. The van der Waals surface area contributed by atoms with Crippen LogP contribution in [0.3, 0.4) is 0 Å². The minimum atomic E-state index is -0.623. The molecule has 1 aromatic carbocycles. The molecule has 4 N–H and O–H groups in total. The second-order valence-corrected chi connectivity index (χ2v) is 5.98. The first-order valence-corrected chi connectivity index (χ1v) is 8.38. The van der Waals surface area contributed by atoms with Crippen LogP contribution in [-0.4, -0.2) is 47.0 Å². The SMILES string of the molecule is NC(=O)c1nc(Nc2ccc(N3CCNCC3)cc2)nc2n[c]ccc12. The second kappa shape index (κ2) is 6.93. The van der Waals surface area contributed by atoms with E-state index in [-0.39, 0.29) is 11.6 Å². The maximum absolute atomic E-state index is 11.7. The van der Waals surface area contributed by atoms with Gasteiger partial charge in [-0.3, -0.25) is 4.79 Å². The molecule has 4 rings (SSSR count). The normalized spacial score (nSPS) is 14.4. The average Bonchev–Trinajstić information content (AvgIpc) is 2.68. The summed E-state index contributed by atoms with van der Waals surface area (Å²) in [7, 11) is 0. The van der Waals surface area contributed by atoms with E-state index in [1.807, 2.05) is 12.1 Å². The van der Waals surface area contributed by atoms with Crippen LogP contribution in [0.5, 0.6) is 0 Å². The van der Waals surface area contributed by atoms with E-state index < -0.39 is 5.91 Å². The molecule has 26 heavy (non-hydrogen) atoms. The molecule has 2 aromatic heterocycles. The summed E-state index contributed by atoms with van der Waals surface area (Å²) in [6.45, 7) is 3.96. The van der Waals surface area contributed by atoms with Crippen molar-refractivity contribution in [2.24, 2.45) is 5.73 Å². The highest BCUT2D eigenvalue weighted by Gasteiger charge is 2.14. The van der Waals surface area contributed by atoms with Crippen molar-refractivity contribution in [1.29, 1.82) is 0 Å². The Hall–Kier alpha value is -3.26. The molecule has 1 aliphatic heterocycles. The number of pyridine rings is 1. The number of nitrogens with two attached hydrogens (primary N) is 1. The van der Waals surface area contributed by atoms with E-state index in [0.717, 1.165) is 31.9 Å². The van der Waals surface area contributed by atoms with Crippen LogP contribution in [0.25, 0.3) is 11.0 Å². The molecule has 8 nitrogen and oxygen atoms in total. The lowest BCUT2D eigenvalue weighted by atomic mass is 10.2. The number of nitrogens with zero attached hydrogens (tertiary/aromatic N) is 4. The van der Waals surface area contributed by atoms with Gasteiger partial charge in [-0.15, -0.1) is 0 Å². The standard InChI is InChI=1S/C18H18N7O/c19-16(26)15-14-2-1-7-21-17(14)24-18(23-15)22-12-3-5-13(6-4-12)25-10-8-20-9-11-25/h1-6,20H,8-11H2,(H2,19,26)(H,21,22,23,24). The van der Waals surface area contributed by atoms with Gasteiger partial charge >= 0.3 is 0 Å². The zero-order chi connectivity index (χ0) is 17.9. The lowest BCUT2D eigenvalue weighted by Crippen LogP contribution is -2.43. The molecule has 0 saturated carbocycles. The minimum absolute atomic E-state index is 0.136. The number of carbonyl (C=O) groups is 1. The van der Waals surface area contributed by atoms with Crippen LogP contribution in [0.1, 0.15) is 10.5 Å². The van der Waals surface area contributed by atoms with Crippen molar-refractivity contribution in [3.8, 4) is 0 Å². The molecule has 1 fully saturated rings. The summed E-state index contributed by atoms with van der Waals surface area (Å²) in [4.78, 5) is 26.7. The highest BCUT2D eigenvalue weighted by Crippen LogP contribution is 2.22. The topological polar surface area (TPSA) is 109 Å². The molecule has 0 bridgehead atoms. The predicted molar refractivity (Wildman–Crippen MR) is 99.5 cm³/mol. The number of nitrogens with one attached hydrogen (secondary N) is 2. The molecular formula is C18H18N7O. The molecule has 1 radical (unpaired) electrons. The Morgan fingerprint density at radius 2 is 1.92 bits per heavy atom. The molecule has 131 valence electrons. The molecule has 3 heterocycles. The van der Waals surface area contributed by atoms with Gasteiger partial charge in [-0.05, 0) is 36.4 Å². The van der Waals surface area contributed by atoms with Crippen molar-refractivity contribution in [3.63, 3.8) is 0 Å². The van der Waals surface area contributed by atoms with Crippen molar-refractivity contribution in [2.75, 3.05) is 36.4 Å². The summed E-state index contributed by atoms with van der Waals surface area (Å²) in [6, 6.07) is 11.3. The third-order valence-corrected chi connectivity index (χ3v) is 4.26. The monoisotopic (exact) mass is 348 g/mol. The number of rotatable bonds is 4. The van der Waals surface area contributed by atoms with Crippen molar-refractivity contribution in [2.45, 2.75) is 0 Å². The first-order valence-electron chi connectivity index (χ1n) is 8.38. The highest BCUT2D eigenvalue weighted by atomic mass is 16.1. The third kappa shape index (κ3) is 3.27. The van der Waals surface area contributed by atoms with Gasteiger partial charge in [0.15, 0.2) is 5.65 Å². The number of fused-ring (bicyclic) bond motifs is 1. The van der Waals surface area contributed by atoms with Crippen LogP contribution in [0, 0.1) is 6.20 Å². The van der Waals surface area contributed by atoms with Crippen molar-refractivity contribution < 1.29 is 4.79 Å². The Kier molecular flexibility index (Phi) is 4.32. The lowest BCUT2D eigenvalue weighted by molar-refractivity contribution is 0.0997. The van der Waals surface area contributed by atoms with Crippen LogP contribution in [0.4, 0.5) is 17.3 Å². The Morgan fingerprint density at radius 1 is 1.15 bits per heavy atom. The largest absolute Gasteiger partial charge is 0.369 e. The van der Waals surface area contributed by atoms with Crippen LogP contribution in [0.15, 0.2) is 36.4 Å². The average molecular weight is 348 g/mol. The van der Waals surface area contributed by atoms with Crippen LogP contribution in [-0.2, 0) is 0 Å². The Labute approximate surface area is 150 Å². The molecule has 0 atom stereocenters. The molecule has 0 aliphatic carbocycles. The number of piperazine rings is 1. The van der Waals surface area contributed by atoms with Crippen LogP contribution in [0.2, 0.25) is 0 Å². The zero-order valence-electron chi connectivity index (χ0n) is 14.1. The van der Waals surface area contributed by atoms with E-state index in [1.165, 1.54) is 5.69 Å². The maximum Gasteiger partial charge on any atom is 0.268 e. The van der Waals surface area contributed by atoms with Crippen LogP contribution >= 0.6 is 0 Å². The summed E-state index contributed by atoms with van der Waals surface area (Å²) in [6.07, 6.45) is 2.71. The minimum Gasteiger partial charge on any atom is -0.369 e. The van der Waals surface area contributed by atoms with E-state index in [2.05, 4.69) is 48.8 Å². The summed E-state index contributed by atoms with van der Waals surface area (Å²) in [5.74, 6) is -0.351. The second-order valence-electron chi connectivity index (χ2n) is 5.98. The highest BCUT2D eigenvalue weighted by molar-refractivity contribution is 6.03. The lowest BCUT2D eigenvalue weighted by Gasteiger charge is -2.29. The van der Waals surface area contributed by atoms with Gasteiger partial charge in [0, 0.05) is 37.6 Å². The van der Waals surface area contributed by atoms with Gasteiger partial charge in [-0.25, -0.2) is 9.97 Å². The molecule has 0 unspecified atom stereocenters. The van der Waals surface area contributed by atoms with Crippen molar-refractivity contribution in [3.05, 3.63) is 48.3 Å². The first-order chi connectivity index (χ1) is 12.7. The number of primary amides is 1.